The van der Waals surface area contributed by atoms with Crippen LogP contribution in [0.2, 0.25) is 0 Å². The van der Waals surface area contributed by atoms with Gasteiger partial charge in [-0.05, 0) is 31.0 Å². The fraction of sp³-hybridized carbons (Fsp3) is 0.500. The summed E-state index contributed by atoms with van der Waals surface area (Å²) in [6.45, 7) is 2.97. The summed E-state index contributed by atoms with van der Waals surface area (Å²) >= 11 is 0. The minimum absolute atomic E-state index is 0.0134. The number of rotatable bonds is 7. The summed E-state index contributed by atoms with van der Waals surface area (Å²) in [5.74, 6) is 0.287. The molecular weight excluding hydrogens is 246 g/mol. The molecular formula is C14H21NO4. The molecule has 0 aliphatic rings. The highest BCUT2D eigenvalue weighted by molar-refractivity contribution is 5.77. The fourth-order valence-corrected chi connectivity index (χ4v) is 1.37. The first-order chi connectivity index (χ1) is 8.96. The van der Waals surface area contributed by atoms with Crippen molar-refractivity contribution >= 4 is 5.91 Å². The second kappa shape index (κ2) is 7.11. The van der Waals surface area contributed by atoms with Crippen LogP contribution in [0.15, 0.2) is 24.3 Å². The Kier molecular flexibility index (Phi) is 5.79. The molecule has 1 unspecified atom stereocenters. The van der Waals surface area contributed by atoms with Crippen molar-refractivity contribution in [1.29, 1.82) is 0 Å². The van der Waals surface area contributed by atoms with E-state index in [0.717, 1.165) is 6.42 Å². The summed E-state index contributed by atoms with van der Waals surface area (Å²) in [7, 11) is 0. The van der Waals surface area contributed by atoms with Crippen LogP contribution in [0, 0.1) is 0 Å². The van der Waals surface area contributed by atoms with Gasteiger partial charge in [0.05, 0.1) is 6.61 Å². The molecule has 1 rings (SSSR count). The van der Waals surface area contributed by atoms with Crippen LogP contribution in [-0.2, 0) is 11.2 Å². The zero-order chi connectivity index (χ0) is 14.3. The Morgan fingerprint density at radius 1 is 1.37 bits per heavy atom. The molecule has 1 aromatic rings. The highest BCUT2D eigenvalue weighted by Crippen LogP contribution is 2.12. The van der Waals surface area contributed by atoms with E-state index < -0.39 is 12.2 Å². The minimum Gasteiger partial charge on any atom is -0.484 e. The molecule has 1 atom stereocenters. The van der Waals surface area contributed by atoms with E-state index in [2.05, 4.69) is 12.2 Å². The van der Waals surface area contributed by atoms with Gasteiger partial charge in [0.1, 0.15) is 11.4 Å². The summed E-state index contributed by atoms with van der Waals surface area (Å²) in [6, 6.07) is 7.53. The van der Waals surface area contributed by atoms with Crippen molar-refractivity contribution in [2.24, 2.45) is 0 Å². The highest BCUT2D eigenvalue weighted by atomic mass is 16.5. The van der Waals surface area contributed by atoms with Crippen LogP contribution in [0.25, 0.3) is 0 Å². The lowest BCUT2D eigenvalue weighted by Crippen LogP contribution is -2.44. The number of nitrogens with one attached hydrogen (secondary N) is 1. The summed E-state index contributed by atoms with van der Waals surface area (Å²) in [6.07, 6.45) is 0.955. The van der Waals surface area contributed by atoms with Gasteiger partial charge in [0, 0.05) is 6.54 Å². The molecule has 0 aliphatic heterocycles. The summed E-state index contributed by atoms with van der Waals surface area (Å²) < 4.78 is 5.31. The maximum atomic E-state index is 11.5. The van der Waals surface area contributed by atoms with Crippen molar-refractivity contribution in [2.45, 2.75) is 25.9 Å². The molecule has 0 radical (unpaired) electrons. The number of hydrogen-bond acceptors (Lipinski definition) is 4. The number of carbonyl (C=O) groups is 1. The maximum Gasteiger partial charge on any atom is 0.258 e. The third-order valence-corrected chi connectivity index (χ3v) is 2.71. The largest absolute Gasteiger partial charge is 0.484 e. The van der Waals surface area contributed by atoms with E-state index in [9.17, 15) is 9.90 Å². The lowest BCUT2D eigenvalue weighted by Gasteiger charge is -2.20. The van der Waals surface area contributed by atoms with Gasteiger partial charge < -0.3 is 20.3 Å². The van der Waals surface area contributed by atoms with Crippen molar-refractivity contribution < 1.29 is 19.7 Å². The molecule has 0 aromatic heterocycles. The van der Waals surface area contributed by atoms with E-state index in [0.29, 0.717) is 5.75 Å². The normalized spacial score (nSPS) is 13.7. The van der Waals surface area contributed by atoms with Gasteiger partial charge in [-0.1, -0.05) is 19.1 Å². The zero-order valence-corrected chi connectivity index (χ0v) is 11.3. The van der Waals surface area contributed by atoms with Crippen molar-refractivity contribution in [3.05, 3.63) is 29.8 Å². The van der Waals surface area contributed by atoms with Crippen molar-refractivity contribution in [1.82, 2.24) is 5.32 Å². The van der Waals surface area contributed by atoms with Crippen molar-refractivity contribution in [2.75, 3.05) is 19.8 Å². The summed E-state index contributed by atoms with van der Waals surface area (Å²) in [4.78, 5) is 11.5. The SMILES string of the molecule is CCc1ccc(OCC(=O)NCC(C)(O)CO)cc1. The van der Waals surface area contributed by atoms with Crippen LogP contribution < -0.4 is 10.1 Å². The average Bonchev–Trinajstić information content (AvgIpc) is 2.43. The van der Waals surface area contributed by atoms with E-state index in [1.165, 1.54) is 12.5 Å². The third-order valence-electron chi connectivity index (χ3n) is 2.71. The highest BCUT2D eigenvalue weighted by Gasteiger charge is 2.19. The maximum absolute atomic E-state index is 11.5. The Morgan fingerprint density at radius 2 is 2.00 bits per heavy atom. The lowest BCUT2D eigenvalue weighted by molar-refractivity contribution is -0.124. The molecule has 1 amide bonds. The first-order valence-corrected chi connectivity index (χ1v) is 6.28. The van der Waals surface area contributed by atoms with Crippen LogP contribution in [0.1, 0.15) is 19.4 Å². The molecule has 106 valence electrons. The quantitative estimate of drug-likeness (QED) is 0.671. The topological polar surface area (TPSA) is 78.8 Å². The van der Waals surface area contributed by atoms with Gasteiger partial charge in [-0.2, -0.15) is 0 Å². The average molecular weight is 267 g/mol. The Balaban J connectivity index is 2.33. The molecule has 5 heteroatoms. The Morgan fingerprint density at radius 3 is 2.53 bits per heavy atom. The number of benzene rings is 1. The number of aryl methyl sites for hydroxylation is 1. The second-order valence-electron chi connectivity index (χ2n) is 4.72. The first-order valence-electron chi connectivity index (χ1n) is 6.28. The molecule has 5 nitrogen and oxygen atoms in total. The number of aliphatic hydroxyl groups excluding tert-OH is 1. The van der Waals surface area contributed by atoms with Gasteiger partial charge in [0.25, 0.3) is 5.91 Å². The number of aliphatic hydroxyl groups is 2. The van der Waals surface area contributed by atoms with E-state index in [1.807, 2.05) is 24.3 Å². The molecule has 0 bridgehead atoms. The predicted octanol–water partition coefficient (Wildman–Crippen LogP) is 0.487. The van der Waals surface area contributed by atoms with E-state index in [-0.39, 0.29) is 19.1 Å². The van der Waals surface area contributed by atoms with Crippen LogP contribution in [-0.4, -0.2) is 41.5 Å². The zero-order valence-electron chi connectivity index (χ0n) is 11.3. The smallest absolute Gasteiger partial charge is 0.258 e. The first kappa shape index (κ1) is 15.5. The number of amides is 1. The molecule has 1 aromatic carbocycles. The minimum atomic E-state index is -1.31. The van der Waals surface area contributed by atoms with Crippen LogP contribution in [0.5, 0.6) is 5.75 Å². The van der Waals surface area contributed by atoms with Gasteiger partial charge in [-0.3, -0.25) is 4.79 Å². The second-order valence-corrected chi connectivity index (χ2v) is 4.72. The number of hydrogen-bond donors (Lipinski definition) is 3. The monoisotopic (exact) mass is 267 g/mol. The standard InChI is InChI=1S/C14H21NO4/c1-3-11-4-6-12(7-5-11)19-8-13(17)15-9-14(2,18)10-16/h4-7,16,18H,3,8-10H2,1-2H3,(H,15,17). The van der Waals surface area contributed by atoms with E-state index in [1.54, 1.807) is 0 Å². The molecule has 0 spiro atoms. The van der Waals surface area contributed by atoms with Crippen molar-refractivity contribution in [3.63, 3.8) is 0 Å². The Bertz CT molecular complexity index is 400. The molecule has 0 heterocycles. The van der Waals surface area contributed by atoms with E-state index >= 15 is 0 Å². The molecule has 0 saturated heterocycles. The number of carbonyl (C=O) groups excluding carboxylic acids is 1. The van der Waals surface area contributed by atoms with E-state index in [4.69, 9.17) is 9.84 Å². The van der Waals surface area contributed by atoms with Gasteiger partial charge in [-0.25, -0.2) is 0 Å². The van der Waals surface area contributed by atoms with Crippen LogP contribution >= 0.6 is 0 Å². The molecule has 0 saturated carbocycles. The van der Waals surface area contributed by atoms with Gasteiger partial charge in [0.2, 0.25) is 0 Å². The fourth-order valence-electron chi connectivity index (χ4n) is 1.37. The van der Waals surface area contributed by atoms with Crippen LogP contribution in [0.3, 0.4) is 0 Å². The predicted molar refractivity (Wildman–Crippen MR) is 72.0 cm³/mol. The molecule has 19 heavy (non-hydrogen) atoms. The van der Waals surface area contributed by atoms with Gasteiger partial charge in [-0.15, -0.1) is 0 Å². The lowest BCUT2D eigenvalue weighted by atomic mass is 10.1. The summed E-state index contributed by atoms with van der Waals surface area (Å²) in [5.41, 5.74) is -0.103. The Labute approximate surface area is 113 Å². The Hall–Kier alpha value is -1.59. The van der Waals surface area contributed by atoms with Gasteiger partial charge >= 0.3 is 0 Å². The molecule has 0 aliphatic carbocycles. The van der Waals surface area contributed by atoms with Gasteiger partial charge in [0.15, 0.2) is 6.61 Å². The van der Waals surface area contributed by atoms with Crippen LogP contribution in [0.4, 0.5) is 0 Å². The number of ether oxygens (including phenoxy) is 1. The molecule has 3 N–H and O–H groups in total. The van der Waals surface area contributed by atoms with Crippen molar-refractivity contribution in [3.8, 4) is 5.75 Å². The summed E-state index contributed by atoms with van der Waals surface area (Å²) in [5, 5.41) is 20.8. The molecule has 0 fully saturated rings. The third kappa shape index (κ3) is 5.72.